The van der Waals surface area contributed by atoms with Crippen molar-refractivity contribution in [3.05, 3.63) is 36.5 Å². The Bertz CT molecular complexity index is 903. The van der Waals surface area contributed by atoms with E-state index >= 15 is 0 Å². The largest absolute Gasteiger partial charge is 0.497 e. The smallest absolute Gasteiger partial charge is 0.238 e. The van der Waals surface area contributed by atoms with E-state index < -0.39 is 0 Å². The van der Waals surface area contributed by atoms with Crippen LogP contribution in [0.15, 0.2) is 41.7 Å². The van der Waals surface area contributed by atoms with E-state index in [4.69, 9.17) is 4.74 Å². The summed E-state index contributed by atoms with van der Waals surface area (Å²) >= 11 is 1.29. The van der Waals surface area contributed by atoms with E-state index in [-0.39, 0.29) is 17.2 Å². The molecule has 0 fully saturated rings. The second-order valence-electron chi connectivity index (χ2n) is 6.20. The van der Waals surface area contributed by atoms with E-state index in [1.807, 2.05) is 45.0 Å². The van der Waals surface area contributed by atoms with Crippen LogP contribution in [0.4, 0.5) is 5.82 Å². The molecule has 8 nitrogen and oxygen atoms in total. The highest BCUT2D eigenvalue weighted by Gasteiger charge is 2.19. The third kappa shape index (κ3) is 4.48. The van der Waals surface area contributed by atoms with E-state index in [1.54, 1.807) is 24.1 Å². The molecular formula is C18H22N6O2S. The van der Waals surface area contributed by atoms with Crippen LogP contribution >= 0.6 is 11.8 Å². The van der Waals surface area contributed by atoms with Crippen LogP contribution in [0.25, 0.3) is 11.4 Å². The van der Waals surface area contributed by atoms with Crippen molar-refractivity contribution in [2.75, 3.05) is 12.4 Å². The molecule has 0 unspecified atom stereocenters. The van der Waals surface area contributed by atoms with Crippen LogP contribution in [-0.2, 0) is 4.79 Å². The number of benzene rings is 1. The first kappa shape index (κ1) is 19.0. The average molecular weight is 386 g/mol. The lowest BCUT2D eigenvalue weighted by Gasteiger charge is -2.14. The van der Waals surface area contributed by atoms with E-state index in [2.05, 4.69) is 25.6 Å². The second kappa shape index (κ2) is 8.26. The number of aromatic nitrogens is 5. The highest BCUT2D eigenvalue weighted by molar-refractivity contribution is 8.00. The first-order valence-corrected chi connectivity index (χ1v) is 9.43. The van der Waals surface area contributed by atoms with Crippen molar-refractivity contribution >= 4 is 23.5 Å². The molecule has 0 saturated heterocycles. The molecule has 3 rings (SSSR count). The number of ether oxygens (including phenoxy) is 1. The number of thioether (sulfide) groups is 1. The zero-order chi connectivity index (χ0) is 19.4. The van der Waals surface area contributed by atoms with Crippen molar-refractivity contribution in [3.63, 3.8) is 0 Å². The summed E-state index contributed by atoms with van der Waals surface area (Å²) in [7, 11) is 1.62. The molecule has 1 amide bonds. The number of hydrogen-bond donors (Lipinski definition) is 2. The highest BCUT2D eigenvalue weighted by atomic mass is 32.2. The van der Waals surface area contributed by atoms with Crippen LogP contribution in [0.2, 0.25) is 0 Å². The maximum atomic E-state index is 12.5. The minimum atomic E-state index is -0.361. The summed E-state index contributed by atoms with van der Waals surface area (Å²) in [5.74, 6) is 1.97. The molecule has 0 radical (unpaired) electrons. The summed E-state index contributed by atoms with van der Waals surface area (Å²) in [5.41, 5.74) is 0.896. The molecule has 0 aliphatic carbocycles. The number of hydrogen-bond acceptors (Lipinski definition) is 6. The van der Waals surface area contributed by atoms with E-state index in [9.17, 15) is 4.79 Å². The molecule has 3 aromatic rings. The number of H-pyrrole nitrogens is 1. The number of rotatable bonds is 7. The highest BCUT2D eigenvalue weighted by Crippen LogP contribution is 2.25. The predicted octanol–water partition coefficient (Wildman–Crippen LogP) is 3.38. The molecule has 0 aliphatic heterocycles. The summed E-state index contributed by atoms with van der Waals surface area (Å²) in [6.45, 7) is 5.84. The lowest BCUT2D eigenvalue weighted by atomic mass is 10.2. The summed E-state index contributed by atoms with van der Waals surface area (Å²) in [6, 6.07) is 9.47. The second-order valence-corrected chi connectivity index (χ2v) is 7.51. The van der Waals surface area contributed by atoms with Gasteiger partial charge in [0.25, 0.3) is 0 Å². The Balaban J connectivity index is 1.63. The van der Waals surface area contributed by atoms with Crippen LogP contribution in [0.1, 0.15) is 26.8 Å². The Morgan fingerprint density at radius 1 is 1.22 bits per heavy atom. The van der Waals surface area contributed by atoms with Crippen LogP contribution in [0.5, 0.6) is 5.75 Å². The molecule has 2 heterocycles. The fourth-order valence-corrected chi connectivity index (χ4v) is 3.17. The SMILES string of the molecule is COc1ccc(-c2nc(S[C@@H](C)C(=O)Nc3ccnn3C(C)C)n[nH]2)cc1. The molecule has 0 bridgehead atoms. The number of aromatic amines is 1. The van der Waals surface area contributed by atoms with Gasteiger partial charge in [0.1, 0.15) is 11.6 Å². The third-order valence-electron chi connectivity index (χ3n) is 3.89. The molecule has 0 aliphatic rings. The first-order chi connectivity index (χ1) is 13.0. The maximum absolute atomic E-state index is 12.5. The van der Waals surface area contributed by atoms with Gasteiger partial charge >= 0.3 is 0 Å². The minimum absolute atomic E-state index is 0.127. The average Bonchev–Trinajstić information content (AvgIpc) is 3.31. The summed E-state index contributed by atoms with van der Waals surface area (Å²) in [5, 5.41) is 14.4. The normalized spacial score (nSPS) is 12.2. The van der Waals surface area contributed by atoms with Gasteiger partial charge in [0, 0.05) is 17.7 Å². The number of nitrogens with one attached hydrogen (secondary N) is 2. The van der Waals surface area contributed by atoms with Crippen molar-refractivity contribution in [2.24, 2.45) is 0 Å². The fraction of sp³-hybridized carbons (Fsp3) is 0.333. The van der Waals surface area contributed by atoms with Gasteiger partial charge in [-0.15, -0.1) is 5.10 Å². The number of nitrogens with zero attached hydrogens (tertiary/aromatic N) is 4. The van der Waals surface area contributed by atoms with Gasteiger partial charge in [0.05, 0.1) is 18.6 Å². The van der Waals surface area contributed by atoms with Crippen LogP contribution in [0, 0.1) is 0 Å². The summed E-state index contributed by atoms with van der Waals surface area (Å²) in [4.78, 5) is 16.9. The number of carbonyl (C=O) groups excluding carboxylic acids is 1. The standard InChI is InChI=1S/C18H22N6O2S/c1-11(2)24-15(9-10-19-24)20-17(25)12(3)27-18-21-16(22-23-18)13-5-7-14(26-4)8-6-13/h5-12H,1-4H3,(H,20,25)(H,21,22,23)/t12-/m0/s1. The number of methoxy groups -OCH3 is 1. The van der Waals surface area contributed by atoms with Crippen molar-refractivity contribution in [1.82, 2.24) is 25.0 Å². The Morgan fingerprint density at radius 3 is 2.63 bits per heavy atom. The quantitative estimate of drug-likeness (QED) is 0.604. The monoisotopic (exact) mass is 386 g/mol. The molecule has 2 aromatic heterocycles. The van der Waals surface area contributed by atoms with Crippen LogP contribution in [0.3, 0.4) is 0 Å². The lowest BCUT2D eigenvalue weighted by Crippen LogP contribution is -2.24. The molecule has 0 spiro atoms. The predicted molar refractivity (Wildman–Crippen MR) is 105 cm³/mol. The van der Waals surface area contributed by atoms with Crippen molar-refractivity contribution < 1.29 is 9.53 Å². The fourth-order valence-electron chi connectivity index (χ4n) is 2.44. The first-order valence-electron chi connectivity index (χ1n) is 8.55. The van der Waals surface area contributed by atoms with E-state index in [0.29, 0.717) is 16.8 Å². The molecule has 27 heavy (non-hydrogen) atoms. The Kier molecular flexibility index (Phi) is 5.80. The molecule has 142 valence electrons. The van der Waals surface area contributed by atoms with Crippen molar-refractivity contribution in [3.8, 4) is 17.1 Å². The summed E-state index contributed by atoms with van der Waals surface area (Å²) < 4.78 is 6.92. The molecule has 9 heteroatoms. The Labute approximate surface area is 161 Å². The molecule has 2 N–H and O–H groups in total. The Hall–Kier alpha value is -2.81. The van der Waals surface area contributed by atoms with Crippen LogP contribution < -0.4 is 10.1 Å². The molecule has 1 aromatic carbocycles. The zero-order valence-corrected chi connectivity index (χ0v) is 16.4. The van der Waals surface area contributed by atoms with Gasteiger partial charge in [0.2, 0.25) is 11.1 Å². The van der Waals surface area contributed by atoms with Gasteiger partial charge in [-0.1, -0.05) is 11.8 Å². The zero-order valence-electron chi connectivity index (χ0n) is 15.6. The minimum Gasteiger partial charge on any atom is -0.497 e. The maximum Gasteiger partial charge on any atom is 0.238 e. The van der Waals surface area contributed by atoms with Crippen molar-refractivity contribution in [1.29, 1.82) is 0 Å². The molecular weight excluding hydrogens is 364 g/mol. The van der Waals surface area contributed by atoms with Gasteiger partial charge in [0.15, 0.2) is 5.82 Å². The number of anilines is 1. The molecule has 1 atom stereocenters. The van der Waals surface area contributed by atoms with Gasteiger partial charge in [-0.05, 0) is 45.0 Å². The van der Waals surface area contributed by atoms with E-state index in [1.165, 1.54) is 11.8 Å². The molecule has 0 saturated carbocycles. The van der Waals surface area contributed by atoms with Crippen LogP contribution in [-0.4, -0.2) is 43.2 Å². The van der Waals surface area contributed by atoms with Crippen molar-refractivity contribution in [2.45, 2.75) is 37.2 Å². The number of amides is 1. The van der Waals surface area contributed by atoms with Gasteiger partial charge in [-0.2, -0.15) is 5.10 Å². The van der Waals surface area contributed by atoms with E-state index in [0.717, 1.165) is 11.3 Å². The third-order valence-corrected chi connectivity index (χ3v) is 4.85. The Morgan fingerprint density at radius 2 is 1.96 bits per heavy atom. The van der Waals surface area contributed by atoms with Gasteiger partial charge in [-0.3, -0.25) is 9.89 Å². The van der Waals surface area contributed by atoms with Gasteiger partial charge in [-0.25, -0.2) is 9.67 Å². The lowest BCUT2D eigenvalue weighted by molar-refractivity contribution is -0.115. The van der Waals surface area contributed by atoms with Gasteiger partial charge < -0.3 is 10.1 Å². The summed E-state index contributed by atoms with van der Waals surface area (Å²) in [6.07, 6.45) is 1.67. The number of carbonyl (C=O) groups is 1. The topological polar surface area (TPSA) is 97.7 Å².